The number of hydrogen-bond donors (Lipinski definition) is 3. The minimum atomic E-state index is -1.11. The Balaban J connectivity index is 2.18. The van der Waals surface area contributed by atoms with E-state index in [-0.39, 0.29) is 17.1 Å². The summed E-state index contributed by atoms with van der Waals surface area (Å²) >= 11 is 0. The maximum atomic E-state index is 12.0. The lowest BCUT2D eigenvalue weighted by Gasteiger charge is -2.18. The largest absolute Gasteiger partial charge is 0.478 e. The summed E-state index contributed by atoms with van der Waals surface area (Å²) < 4.78 is 0. The molecule has 1 aliphatic heterocycles. The van der Waals surface area contributed by atoms with Gasteiger partial charge in [-0.2, -0.15) is 0 Å². The van der Waals surface area contributed by atoms with E-state index in [0.717, 1.165) is 11.3 Å². The van der Waals surface area contributed by atoms with Crippen LogP contribution < -0.4 is 10.6 Å². The first-order valence-corrected chi connectivity index (χ1v) is 6.53. The summed E-state index contributed by atoms with van der Waals surface area (Å²) in [7, 11) is 0. The fraction of sp³-hybridized carbons (Fsp3) is 0.267. The molecular formula is C15H16N2O4. The Morgan fingerprint density at radius 2 is 1.90 bits per heavy atom. The predicted molar refractivity (Wildman–Crippen MR) is 78.0 cm³/mol. The van der Waals surface area contributed by atoms with Gasteiger partial charge in [-0.15, -0.1) is 0 Å². The highest BCUT2D eigenvalue weighted by molar-refractivity contribution is 6.08. The summed E-state index contributed by atoms with van der Waals surface area (Å²) in [5, 5.41) is 14.3. The highest BCUT2D eigenvalue weighted by Gasteiger charge is 2.16. The number of fused-ring (bicyclic) bond motifs is 1. The number of carbonyl (C=O) groups is 3. The molecule has 0 fully saturated rings. The van der Waals surface area contributed by atoms with Crippen molar-refractivity contribution in [2.24, 2.45) is 0 Å². The van der Waals surface area contributed by atoms with Crippen LogP contribution >= 0.6 is 0 Å². The standard InChI is InChI=1S/C15H16N2O4/c1-8(9(2)15(20)21)14(19)16-11-4-5-12-10(7-11)3-6-13(18)17-12/h4-5,7H,3,6H2,1-2H3,(H,16,19)(H,17,18)(H,20,21). The number of rotatable bonds is 3. The van der Waals surface area contributed by atoms with Gasteiger partial charge < -0.3 is 15.7 Å². The molecule has 6 nitrogen and oxygen atoms in total. The van der Waals surface area contributed by atoms with Gasteiger partial charge in [0.15, 0.2) is 0 Å². The van der Waals surface area contributed by atoms with E-state index in [1.807, 2.05) is 0 Å². The van der Waals surface area contributed by atoms with Gasteiger partial charge in [0.2, 0.25) is 5.91 Å². The van der Waals surface area contributed by atoms with E-state index in [1.165, 1.54) is 13.8 Å². The molecule has 1 aromatic carbocycles. The molecule has 0 radical (unpaired) electrons. The maximum Gasteiger partial charge on any atom is 0.331 e. The van der Waals surface area contributed by atoms with Crippen LogP contribution in [-0.4, -0.2) is 22.9 Å². The summed E-state index contributed by atoms with van der Waals surface area (Å²) in [5.41, 5.74) is 2.45. The van der Waals surface area contributed by atoms with Crippen LogP contribution in [0.3, 0.4) is 0 Å². The van der Waals surface area contributed by atoms with Crippen molar-refractivity contribution in [3.63, 3.8) is 0 Å². The summed E-state index contributed by atoms with van der Waals surface area (Å²) in [6.07, 6.45) is 1.04. The molecule has 0 unspecified atom stereocenters. The van der Waals surface area contributed by atoms with Crippen LogP contribution in [0.1, 0.15) is 25.8 Å². The molecule has 0 aliphatic carbocycles. The van der Waals surface area contributed by atoms with Gasteiger partial charge in [-0.3, -0.25) is 9.59 Å². The lowest BCUT2D eigenvalue weighted by atomic mass is 10.0. The number of carbonyl (C=O) groups excluding carboxylic acids is 2. The van der Waals surface area contributed by atoms with E-state index >= 15 is 0 Å². The lowest BCUT2D eigenvalue weighted by Crippen LogP contribution is -2.20. The zero-order valence-electron chi connectivity index (χ0n) is 11.8. The molecule has 2 amide bonds. The molecule has 1 heterocycles. The molecule has 0 spiro atoms. The lowest BCUT2D eigenvalue weighted by molar-refractivity contribution is -0.133. The van der Waals surface area contributed by atoms with Crippen LogP contribution in [0.25, 0.3) is 0 Å². The zero-order chi connectivity index (χ0) is 15.6. The average molecular weight is 288 g/mol. The predicted octanol–water partition coefficient (Wildman–Crippen LogP) is 1.93. The highest BCUT2D eigenvalue weighted by Crippen LogP contribution is 2.25. The number of hydrogen-bond acceptors (Lipinski definition) is 3. The van der Waals surface area contributed by atoms with Gasteiger partial charge in [-0.05, 0) is 44.0 Å². The minimum Gasteiger partial charge on any atom is -0.478 e. The van der Waals surface area contributed by atoms with Crippen molar-refractivity contribution < 1.29 is 19.5 Å². The first-order valence-electron chi connectivity index (χ1n) is 6.53. The molecule has 2 rings (SSSR count). The van der Waals surface area contributed by atoms with Gasteiger partial charge in [0, 0.05) is 28.9 Å². The van der Waals surface area contributed by atoms with E-state index in [9.17, 15) is 14.4 Å². The van der Waals surface area contributed by atoms with Crippen LogP contribution in [0, 0.1) is 0 Å². The third-order valence-electron chi connectivity index (χ3n) is 3.48. The number of carboxylic acids is 1. The van der Waals surface area contributed by atoms with Gasteiger partial charge in [0.25, 0.3) is 5.91 Å². The van der Waals surface area contributed by atoms with E-state index in [4.69, 9.17) is 5.11 Å². The third-order valence-corrected chi connectivity index (χ3v) is 3.48. The number of nitrogens with one attached hydrogen (secondary N) is 2. The monoisotopic (exact) mass is 288 g/mol. The molecule has 0 atom stereocenters. The normalized spacial score (nSPS) is 14.7. The van der Waals surface area contributed by atoms with E-state index < -0.39 is 11.9 Å². The molecule has 3 N–H and O–H groups in total. The third kappa shape index (κ3) is 3.28. The molecule has 0 aromatic heterocycles. The first kappa shape index (κ1) is 14.8. The first-order chi connectivity index (χ1) is 9.88. The van der Waals surface area contributed by atoms with Crippen molar-refractivity contribution in [1.29, 1.82) is 0 Å². The number of aliphatic carboxylic acids is 1. The smallest absolute Gasteiger partial charge is 0.331 e. The van der Waals surface area contributed by atoms with Crippen molar-refractivity contribution in [1.82, 2.24) is 0 Å². The van der Waals surface area contributed by atoms with Crippen LogP contribution in [0.5, 0.6) is 0 Å². The van der Waals surface area contributed by atoms with E-state index in [1.54, 1.807) is 18.2 Å². The maximum absolute atomic E-state index is 12.0. The van der Waals surface area contributed by atoms with Crippen LogP contribution in [0.15, 0.2) is 29.3 Å². The Labute approximate surface area is 121 Å². The Hall–Kier alpha value is -2.63. The minimum absolute atomic E-state index is 0.0118. The van der Waals surface area contributed by atoms with Crippen molar-refractivity contribution in [2.75, 3.05) is 10.6 Å². The zero-order valence-corrected chi connectivity index (χ0v) is 11.8. The van der Waals surface area contributed by atoms with Crippen LogP contribution in [0.4, 0.5) is 11.4 Å². The molecule has 0 saturated heterocycles. The number of amides is 2. The van der Waals surface area contributed by atoms with Crippen LogP contribution in [0.2, 0.25) is 0 Å². The van der Waals surface area contributed by atoms with Gasteiger partial charge in [0.1, 0.15) is 0 Å². The van der Waals surface area contributed by atoms with Crippen molar-refractivity contribution in [3.8, 4) is 0 Å². The van der Waals surface area contributed by atoms with Crippen molar-refractivity contribution >= 4 is 29.2 Å². The Morgan fingerprint density at radius 1 is 1.19 bits per heavy atom. The van der Waals surface area contributed by atoms with E-state index in [2.05, 4.69) is 10.6 Å². The molecule has 0 bridgehead atoms. The molecule has 1 aromatic rings. The Morgan fingerprint density at radius 3 is 2.57 bits per heavy atom. The molecular weight excluding hydrogens is 272 g/mol. The average Bonchev–Trinajstić information content (AvgIpc) is 2.45. The van der Waals surface area contributed by atoms with Crippen molar-refractivity contribution in [2.45, 2.75) is 26.7 Å². The summed E-state index contributed by atoms with van der Waals surface area (Å²) in [6, 6.07) is 5.19. The summed E-state index contributed by atoms with van der Waals surface area (Å²) in [4.78, 5) is 34.1. The molecule has 1 aliphatic rings. The van der Waals surface area contributed by atoms with Gasteiger partial charge in [-0.1, -0.05) is 0 Å². The molecule has 110 valence electrons. The fourth-order valence-corrected chi connectivity index (χ4v) is 2.02. The Bertz CT molecular complexity index is 662. The Kier molecular flexibility index (Phi) is 4.07. The van der Waals surface area contributed by atoms with Gasteiger partial charge >= 0.3 is 5.97 Å². The van der Waals surface area contributed by atoms with E-state index in [0.29, 0.717) is 18.5 Å². The number of benzene rings is 1. The number of anilines is 2. The SMILES string of the molecule is CC(C(=O)O)=C(C)C(=O)Nc1ccc2c(c1)CCC(=O)N2. The second-order valence-corrected chi connectivity index (χ2v) is 4.93. The number of aryl methyl sites for hydroxylation is 1. The molecule has 0 saturated carbocycles. The second kappa shape index (κ2) is 5.78. The fourth-order valence-electron chi connectivity index (χ4n) is 2.02. The quantitative estimate of drug-likeness (QED) is 0.740. The van der Waals surface area contributed by atoms with Crippen molar-refractivity contribution in [3.05, 3.63) is 34.9 Å². The van der Waals surface area contributed by atoms with Gasteiger partial charge in [0.05, 0.1) is 0 Å². The van der Waals surface area contributed by atoms with Gasteiger partial charge in [-0.25, -0.2) is 4.79 Å². The molecule has 21 heavy (non-hydrogen) atoms. The van der Waals surface area contributed by atoms with Crippen LogP contribution in [-0.2, 0) is 20.8 Å². The summed E-state index contributed by atoms with van der Waals surface area (Å²) in [6.45, 7) is 2.86. The summed E-state index contributed by atoms with van der Waals surface area (Å²) in [5.74, 6) is -1.58. The highest BCUT2D eigenvalue weighted by atomic mass is 16.4. The number of carboxylic acid groups (broad SMARTS) is 1. The topological polar surface area (TPSA) is 95.5 Å². The second-order valence-electron chi connectivity index (χ2n) is 4.93. The molecule has 6 heteroatoms.